The van der Waals surface area contributed by atoms with Crippen molar-refractivity contribution < 1.29 is 26.9 Å². The molecule has 16 nitrogen and oxygen atoms in total. The Bertz CT molecular complexity index is 2990. The normalized spacial score (nSPS) is 11.5. The monoisotopic (exact) mass is 838 g/mol. The van der Waals surface area contributed by atoms with Gasteiger partial charge in [-0.05, 0) is 41.7 Å². The van der Waals surface area contributed by atoms with Gasteiger partial charge in [-0.25, -0.2) is 36.8 Å². The molecule has 4 aromatic heterocycles. The van der Waals surface area contributed by atoms with Gasteiger partial charge in [0.1, 0.15) is 19.3 Å². The second-order valence-electron chi connectivity index (χ2n) is 14.0. The van der Waals surface area contributed by atoms with Gasteiger partial charge in [0.15, 0.2) is 31.0 Å². The van der Waals surface area contributed by atoms with E-state index < -0.39 is 25.2 Å². The number of nitrogens with one attached hydrogen (secondary N) is 2. The summed E-state index contributed by atoms with van der Waals surface area (Å²) < 4.78 is 47.8. The van der Waals surface area contributed by atoms with Gasteiger partial charge in [0, 0.05) is 37.7 Å². The molecule has 0 radical (unpaired) electrons. The summed E-state index contributed by atoms with van der Waals surface area (Å²) in [5.41, 5.74) is 6.03. The molecule has 59 heavy (non-hydrogen) atoms. The van der Waals surface area contributed by atoms with Gasteiger partial charge in [-0.1, -0.05) is 78.9 Å². The minimum absolute atomic E-state index is 0.0223. The summed E-state index contributed by atoms with van der Waals surface area (Å²) in [6.07, 6.45) is 5.08. The fraction of sp³-hybridized carbons (Fsp3) is 0.220. The lowest BCUT2D eigenvalue weighted by atomic mass is 10.1. The molecule has 0 saturated heterocycles. The lowest BCUT2D eigenvalue weighted by Gasteiger charge is -2.15. The first-order valence-electron chi connectivity index (χ1n) is 18.1. The molecular weight excluding hydrogens is 797 g/mol. The van der Waals surface area contributed by atoms with Gasteiger partial charge >= 0.3 is 0 Å². The van der Waals surface area contributed by atoms with Crippen molar-refractivity contribution in [2.45, 2.75) is 45.0 Å². The average Bonchev–Trinajstić information content (AvgIpc) is 3.17. The van der Waals surface area contributed by atoms with Gasteiger partial charge in [0.05, 0.1) is 45.0 Å². The predicted octanol–water partition coefficient (Wildman–Crippen LogP) is 4.38. The SMILES string of the molecule is Cc1ncnc2c1c(NCc1cccc(CS(C)(=O)=O)c1)cc(=O)n2O.Cc1ncnc2c1c(NCc1cccc(CS(C)(=O)=O)c1)cc(=O)n2OCc1ccccc1. The maximum absolute atomic E-state index is 12.9. The molecule has 7 rings (SSSR count). The van der Waals surface area contributed by atoms with Crippen molar-refractivity contribution in [3.63, 3.8) is 0 Å². The third-order valence-electron chi connectivity index (χ3n) is 8.92. The molecule has 0 amide bonds. The van der Waals surface area contributed by atoms with E-state index in [1.807, 2.05) is 61.5 Å². The average molecular weight is 839 g/mol. The first-order valence-corrected chi connectivity index (χ1v) is 22.3. The number of aromatic nitrogens is 6. The second kappa shape index (κ2) is 17.9. The molecule has 4 heterocycles. The van der Waals surface area contributed by atoms with Crippen LogP contribution < -0.4 is 26.6 Å². The quantitative estimate of drug-likeness (QED) is 0.137. The third kappa shape index (κ3) is 11.1. The van der Waals surface area contributed by atoms with Crippen molar-refractivity contribution in [3.05, 3.63) is 164 Å². The fourth-order valence-electron chi connectivity index (χ4n) is 6.36. The number of hydrogen-bond donors (Lipinski definition) is 3. The molecule has 0 spiro atoms. The number of rotatable bonds is 13. The molecule has 3 aromatic carbocycles. The van der Waals surface area contributed by atoms with Gasteiger partial charge < -0.3 is 20.7 Å². The van der Waals surface area contributed by atoms with Crippen LogP contribution in [0.2, 0.25) is 0 Å². The molecule has 306 valence electrons. The van der Waals surface area contributed by atoms with Gasteiger partial charge in [-0.15, -0.1) is 9.46 Å². The smallest absolute Gasteiger partial charge is 0.287 e. The highest BCUT2D eigenvalue weighted by Crippen LogP contribution is 2.24. The molecule has 3 N–H and O–H groups in total. The van der Waals surface area contributed by atoms with Crippen LogP contribution in [0.3, 0.4) is 0 Å². The van der Waals surface area contributed by atoms with Gasteiger partial charge in [-0.3, -0.25) is 9.59 Å². The molecule has 0 aliphatic heterocycles. The Hall–Kier alpha value is -6.66. The summed E-state index contributed by atoms with van der Waals surface area (Å²) in [6, 6.07) is 26.8. The van der Waals surface area contributed by atoms with E-state index in [2.05, 4.69) is 30.6 Å². The van der Waals surface area contributed by atoms with Gasteiger partial charge in [0.2, 0.25) is 0 Å². The van der Waals surface area contributed by atoms with Crippen LogP contribution in [0.15, 0.2) is 113 Å². The van der Waals surface area contributed by atoms with E-state index in [-0.39, 0.29) is 29.3 Å². The largest absolute Gasteiger partial charge is 0.423 e. The number of benzene rings is 3. The van der Waals surface area contributed by atoms with E-state index in [4.69, 9.17) is 4.84 Å². The highest BCUT2D eigenvalue weighted by Gasteiger charge is 2.16. The Morgan fingerprint density at radius 1 is 0.593 bits per heavy atom. The summed E-state index contributed by atoms with van der Waals surface area (Å²) in [5, 5.41) is 17.5. The highest BCUT2D eigenvalue weighted by molar-refractivity contribution is 7.90. The number of fused-ring (bicyclic) bond motifs is 2. The van der Waals surface area contributed by atoms with Crippen molar-refractivity contribution in [1.29, 1.82) is 0 Å². The van der Waals surface area contributed by atoms with Gasteiger partial charge in [0.25, 0.3) is 11.1 Å². The van der Waals surface area contributed by atoms with Crippen LogP contribution in [-0.2, 0) is 50.9 Å². The minimum atomic E-state index is -3.13. The van der Waals surface area contributed by atoms with Crippen LogP contribution in [0.25, 0.3) is 22.1 Å². The van der Waals surface area contributed by atoms with Crippen molar-refractivity contribution in [1.82, 2.24) is 29.4 Å². The van der Waals surface area contributed by atoms with E-state index in [0.29, 0.717) is 68.1 Å². The molecule has 0 bridgehead atoms. The van der Waals surface area contributed by atoms with E-state index >= 15 is 0 Å². The molecule has 18 heteroatoms. The first-order chi connectivity index (χ1) is 28.0. The Morgan fingerprint density at radius 2 is 1.05 bits per heavy atom. The number of nitrogens with zero attached hydrogens (tertiary/aromatic N) is 6. The zero-order valence-electron chi connectivity index (χ0n) is 32.7. The number of pyridine rings is 2. The van der Waals surface area contributed by atoms with Crippen molar-refractivity contribution in [3.8, 4) is 0 Å². The van der Waals surface area contributed by atoms with E-state index in [1.54, 1.807) is 31.2 Å². The number of hydrogen-bond acceptors (Lipinski definition) is 14. The Kier molecular flexibility index (Phi) is 12.7. The van der Waals surface area contributed by atoms with E-state index in [1.165, 1.54) is 42.0 Å². The minimum Gasteiger partial charge on any atom is -0.423 e. The second-order valence-corrected chi connectivity index (χ2v) is 18.2. The van der Waals surface area contributed by atoms with Crippen LogP contribution in [-0.4, -0.2) is 64.0 Å². The number of sulfone groups is 2. The fourth-order valence-corrected chi connectivity index (χ4v) is 7.93. The Labute approximate surface area is 340 Å². The lowest BCUT2D eigenvalue weighted by molar-refractivity contribution is 0.0979. The summed E-state index contributed by atoms with van der Waals surface area (Å²) in [6.45, 7) is 4.59. The van der Waals surface area contributed by atoms with Crippen LogP contribution in [0.1, 0.15) is 39.2 Å². The molecule has 0 fully saturated rings. The zero-order chi connectivity index (χ0) is 42.3. The van der Waals surface area contributed by atoms with E-state index in [0.717, 1.165) is 16.7 Å². The standard InChI is InChI=1S/C24H24N4O4S.C17H18N4O4S/c1-17-23-21(25-13-19-9-6-10-20(11-19)15-33(2,30)31)12-22(29)28(24(23)27-16-26-17)32-14-18-7-4-3-5-8-18;1-11-16-14(7-15(22)21(23)17(16)20-10-19-11)18-8-12-4-3-5-13(6-12)9-26(2,24)25/h3-12,16,25H,13-15H2,1-2H3;3-7,10,18,23H,8-9H2,1-2H3. The molecule has 0 unspecified atom stereocenters. The maximum Gasteiger partial charge on any atom is 0.287 e. The molecule has 0 atom stereocenters. The summed E-state index contributed by atoms with van der Waals surface area (Å²) in [4.78, 5) is 47.3. The van der Waals surface area contributed by atoms with Crippen LogP contribution >= 0.6 is 0 Å². The van der Waals surface area contributed by atoms with Crippen molar-refractivity contribution in [2.75, 3.05) is 23.1 Å². The van der Waals surface area contributed by atoms with Gasteiger partial charge in [-0.2, -0.15) is 0 Å². The molecule has 0 aliphatic carbocycles. The van der Waals surface area contributed by atoms with E-state index in [9.17, 15) is 31.6 Å². The summed E-state index contributed by atoms with van der Waals surface area (Å²) >= 11 is 0. The summed E-state index contributed by atoms with van der Waals surface area (Å²) in [7, 11) is -6.24. The van der Waals surface area contributed by atoms with Crippen LogP contribution in [0, 0.1) is 13.8 Å². The molecule has 0 saturated carbocycles. The maximum atomic E-state index is 12.9. The van der Waals surface area contributed by atoms with Crippen LogP contribution in [0.5, 0.6) is 0 Å². The first kappa shape index (κ1) is 42.0. The molecule has 7 aromatic rings. The Balaban J connectivity index is 0.000000204. The molecule has 0 aliphatic rings. The number of aryl methyl sites for hydroxylation is 2. The third-order valence-corrected chi connectivity index (χ3v) is 10.6. The number of anilines is 2. The predicted molar refractivity (Wildman–Crippen MR) is 226 cm³/mol. The lowest BCUT2D eigenvalue weighted by Crippen LogP contribution is -2.28. The topological polar surface area (TPSA) is 217 Å². The molecular formula is C41H42N8O8S2. The Morgan fingerprint density at radius 3 is 1.58 bits per heavy atom. The highest BCUT2D eigenvalue weighted by atomic mass is 32.2. The zero-order valence-corrected chi connectivity index (χ0v) is 34.3. The van der Waals surface area contributed by atoms with Crippen molar-refractivity contribution in [2.24, 2.45) is 0 Å². The van der Waals surface area contributed by atoms with Crippen LogP contribution in [0.4, 0.5) is 11.4 Å². The van der Waals surface area contributed by atoms with Crippen molar-refractivity contribution >= 4 is 53.1 Å². The summed E-state index contributed by atoms with van der Waals surface area (Å²) in [5.74, 6) is -0.0528.